The zero-order chi connectivity index (χ0) is 23.7. The van der Waals surface area contributed by atoms with E-state index in [1.807, 2.05) is 13.0 Å². The van der Waals surface area contributed by atoms with E-state index in [9.17, 15) is 0 Å². The van der Waals surface area contributed by atoms with Crippen LogP contribution in [0.4, 0.5) is 0 Å². The fourth-order valence-electron chi connectivity index (χ4n) is 5.22. The van der Waals surface area contributed by atoms with E-state index in [1.54, 1.807) is 6.08 Å². The highest BCUT2D eigenvalue weighted by Crippen LogP contribution is 2.63. The van der Waals surface area contributed by atoms with Gasteiger partial charge in [-0.3, -0.25) is 0 Å². The van der Waals surface area contributed by atoms with Crippen molar-refractivity contribution >= 4 is 0 Å². The van der Waals surface area contributed by atoms with E-state index < -0.39 is 0 Å². The maximum Gasteiger partial charge on any atom is 0.0721 e. The van der Waals surface area contributed by atoms with E-state index in [0.29, 0.717) is 0 Å². The Bertz CT molecular complexity index is 1120. The smallest absolute Gasteiger partial charge is 0.0721 e. The molecule has 0 atom stereocenters. The van der Waals surface area contributed by atoms with Gasteiger partial charge in [0.1, 0.15) is 0 Å². The summed E-state index contributed by atoms with van der Waals surface area (Å²) in [5, 5.41) is 0. The van der Waals surface area contributed by atoms with Gasteiger partial charge in [0.2, 0.25) is 0 Å². The van der Waals surface area contributed by atoms with Crippen LogP contribution in [0.5, 0.6) is 0 Å². The summed E-state index contributed by atoms with van der Waals surface area (Å²) < 4.78 is 0. The van der Waals surface area contributed by atoms with Crippen LogP contribution in [0.2, 0.25) is 0 Å². The first-order chi connectivity index (χ1) is 15.2. The fourth-order valence-corrected chi connectivity index (χ4v) is 5.22. The monoisotopic (exact) mass is 420 g/mol. The van der Waals surface area contributed by atoms with Gasteiger partial charge in [0.15, 0.2) is 0 Å². The Morgan fingerprint density at radius 3 is 1.75 bits per heavy atom. The van der Waals surface area contributed by atoms with Crippen molar-refractivity contribution in [1.29, 1.82) is 0 Å². The van der Waals surface area contributed by atoms with E-state index >= 15 is 0 Å². The van der Waals surface area contributed by atoms with Gasteiger partial charge in [0.05, 0.1) is 5.41 Å². The first-order valence-corrected chi connectivity index (χ1v) is 11.4. The van der Waals surface area contributed by atoms with E-state index in [-0.39, 0.29) is 10.8 Å². The van der Waals surface area contributed by atoms with Gasteiger partial charge in [-0.25, -0.2) is 0 Å². The topological polar surface area (TPSA) is 0 Å². The Balaban J connectivity index is 0.000000913. The summed E-state index contributed by atoms with van der Waals surface area (Å²) >= 11 is 0. The van der Waals surface area contributed by atoms with Gasteiger partial charge in [0, 0.05) is 0 Å². The first-order valence-electron chi connectivity index (χ1n) is 11.4. The molecule has 2 aromatic rings. The van der Waals surface area contributed by atoms with Crippen molar-refractivity contribution < 1.29 is 0 Å². The minimum absolute atomic E-state index is 0.0612. The number of hydrogen-bond acceptors (Lipinski definition) is 0. The lowest BCUT2D eigenvalue weighted by atomic mass is 9.68. The van der Waals surface area contributed by atoms with Crippen LogP contribution in [0.1, 0.15) is 52.7 Å². The molecule has 164 valence electrons. The maximum atomic E-state index is 4.55. The molecule has 2 aromatic carbocycles. The van der Waals surface area contributed by atoms with Gasteiger partial charge in [-0.1, -0.05) is 107 Å². The zero-order valence-electron chi connectivity index (χ0n) is 20.5. The molecular weight excluding hydrogens is 384 g/mol. The highest BCUT2D eigenvalue weighted by Gasteiger charge is 2.52. The second-order valence-electron chi connectivity index (χ2n) is 9.52. The largest absolute Gasteiger partial charge is 0.103 e. The summed E-state index contributed by atoms with van der Waals surface area (Å²) in [6.07, 6.45) is 8.43. The summed E-state index contributed by atoms with van der Waals surface area (Å²) in [5.74, 6) is 0. The molecule has 0 unspecified atom stereocenters. The SMILES string of the molecule is C=CC.C=CC1=C(C)C(=C)/C(=C\C(=C/C)C(C)(C)C)C12c1ccccc1-c1ccccc12. The standard InChI is InChI=1S/C29H30.C3H6/c1-8-21(28(5,6)7)18-27-20(4)19(3)24(9-2)29(27)25-16-12-10-14-22(25)23-15-11-13-17-26(23)29;1-3-2/h8-18H,2,4H2,1,3,5-7H3;3H,1H2,2H3/b21-8+,27-18+;. The molecule has 0 radical (unpaired) electrons. The molecule has 0 aromatic heterocycles. The van der Waals surface area contributed by atoms with Crippen LogP contribution in [0.25, 0.3) is 11.1 Å². The molecule has 0 saturated heterocycles. The Kier molecular flexibility index (Phi) is 6.46. The summed E-state index contributed by atoms with van der Waals surface area (Å²) in [4.78, 5) is 0. The second-order valence-corrected chi connectivity index (χ2v) is 9.52. The molecule has 32 heavy (non-hydrogen) atoms. The predicted molar refractivity (Wildman–Crippen MR) is 142 cm³/mol. The normalized spacial score (nSPS) is 17.8. The molecule has 0 fully saturated rings. The number of allylic oxidation sites excluding steroid dienone is 9. The Hall–Kier alpha value is -3.12. The maximum absolute atomic E-state index is 4.55. The van der Waals surface area contributed by atoms with Crippen molar-refractivity contribution in [1.82, 2.24) is 0 Å². The van der Waals surface area contributed by atoms with Crippen LogP contribution in [-0.4, -0.2) is 0 Å². The van der Waals surface area contributed by atoms with Crippen LogP contribution in [0.3, 0.4) is 0 Å². The van der Waals surface area contributed by atoms with Gasteiger partial charge < -0.3 is 0 Å². The van der Waals surface area contributed by atoms with Gasteiger partial charge in [0.25, 0.3) is 0 Å². The highest BCUT2D eigenvalue weighted by molar-refractivity contribution is 5.90. The molecule has 0 bridgehead atoms. The van der Waals surface area contributed by atoms with E-state index in [2.05, 4.69) is 115 Å². The van der Waals surface area contributed by atoms with Crippen LogP contribution < -0.4 is 0 Å². The van der Waals surface area contributed by atoms with Crippen molar-refractivity contribution in [3.05, 3.63) is 132 Å². The Morgan fingerprint density at radius 2 is 1.34 bits per heavy atom. The third-order valence-corrected chi connectivity index (χ3v) is 6.62. The summed E-state index contributed by atoms with van der Waals surface area (Å²) in [6, 6.07) is 17.6. The van der Waals surface area contributed by atoms with Crippen LogP contribution in [0.15, 0.2) is 120 Å². The minimum atomic E-state index is -0.338. The molecule has 4 rings (SSSR count). The average molecular weight is 421 g/mol. The zero-order valence-corrected chi connectivity index (χ0v) is 20.5. The quantitative estimate of drug-likeness (QED) is 0.425. The van der Waals surface area contributed by atoms with Gasteiger partial charge in [-0.2, -0.15) is 0 Å². The molecule has 0 saturated carbocycles. The highest BCUT2D eigenvalue weighted by atomic mass is 14.5. The van der Waals surface area contributed by atoms with Crippen molar-refractivity contribution in [3.63, 3.8) is 0 Å². The number of hydrogen-bond donors (Lipinski definition) is 0. The Labute approximate surface area is 195 Å². The van der Waals surface area contributed by atoms with Crippen LogP contribution in [0, 0.1) is 5.41 Å². The molecule has 0 heteroatoms. The van der Waals surface area contributed by atoms with E-state index in [0.717, 1.165) is 5.57 Å². The number of fused-ring (bicyclic) bond motifs is 5. The average Bonchev–Trinajstić information content (AvgIpc) is 3.17. The molecule has 0 amide bonds. The van der Waals surface area contributed by atoms with Crippen molar-refractivity contribution in [2.24, 2.45) is 5.41 Å². The van der Waals surface area contributed by atoms with Crippen molar-refractivity contribution in [2.75, 3.05) is 0 Å². The lowest BCUT2D eigenvalue weighted by Gasteiger charge is -2.33. The molecule has 2 aliphatic carbocycles. The van der Waals surface area contributed by atoms with Gasteiger partial charge in [-0.15, -0.1) is 6.58 Å². The first kappa shape index (κ1) is 23.5. The van der Waals surface area contributed by atoms with E-state index in [4.69, 9.17) is 0 Å². The summed E-state index contributed by atoms with van der Waals surface area (Å²) in [5.41, 5.74) is 11.3. The molecular formula is C32H36. The summed E-state index contributed by atoms with van der Waals surface area (Å²) in [6.45, 7) is 25.2. The van der Waals surface area contributed by atoms with Gasteiger partial charge >= 0.3 is 0 Å². The summed E-state index contributed by atoms with van der Waals surface area (Å²) in [7, 11) is 0. The predicted octanol–water partition coefficient (Wildman–Crippen LogP) is 9.14. The number of benzene rings is 2. The second kappa shape index (κ2) is 8.79. The third kappa shape index (κ3) is 3.39. The van der Waals surface area contributed by atoms with Gasteiger partial charge in [-0.05, 0) is 76.3 Å². The van der Waals surface area contributed by atoms with Crippen LogP contribution >= 0.6 is 0 Å². The van der Waals surface area contributed by atoms with Crippen molar-refractivity contribution in [3.8, 4) is 11.1 Å². The molecule has 0 nitrogen and oxygen atoms in total. The number of rotatable bonds is 2. The molecule has 1 spiro atoms. The lowest BCUT2D eigenvalue weighted by Crippen LogP contribution is -2.27. The minimum Gasteiger partial charge on any atom is -0.103 e. The molecule has 2 aliphatic rings. The van der Waals surface area contributed by atoms with Crippen LogP contribution in [-0.2, 0) is 5.41 Å². The molecule has 0 aliphatic heterocycles. The molecule has 0 heterocycles. The third-order valence-electron chi connectivity index (χ3n) is 6.62. The molecule has 0 N–H and O–H groups in total. The van der Waals surface area contributed by atoms with E-state index in [1.165, 1.54) is 44.5 Å². The Morgan fingerprint density at radius 1 is 0.875 bits per heavy atom. The lowest BCUT2D eigenvalue weighted by molar-refractivity contribution is 0.514. The fraction of sp³-hybridized carbons (Fsp3) is 0.250. The van der Waals surface area contributed by atoms with Crippen molar-refractivity contribution in [2.45, 2.75) is 47.0 Å².